The number of aromatic nitrogens is 2. The van der Waals surface area contributed by atoms with Crippen LogP contribution in [0.1, 0.15) is 50.6 Å². The highest BCUT2D eigenvalue weighted by atomic mass is 35.5. The summed E-state index contributed by atoms with van der Waals surface area (Å²) in [6.07, 6.45) is 4.65. The summed E-state index contributed by atoms with van der Waals surface area (Å²) in [7, 11) is 0. The lowest BCUT2D eigenvalue weighted by molar-refractivity contribution is -0.123. The Hall–Kier alpha value is -2.77. The lowest BCUT2D eigenvalue weighted by atomic mass is 10.00. The summed E-state index contributed by atoms with van der Waals surface area (Å²) in [4.78, 5) is 36.7. The fraction of sp³-hybridized carbons (Fsp3) is 0.238. The van der Waals surface area contributed by atoms with Crippen LogP contribution in [-0.2, 0) is 11.2 Å². The molecular weight excluding hydrogens is 408 g/mol. The van der Waals surface area contributed by atoms with Gasteiger partial charge in [-0.05, 0) is 49.1 Å². The van der Waals surface area contributed by atoms with Crippen LogP contribution >= 0.6 is 22.9 Å². The number of thiazole rings is 1. The first kappa shape index (κ1) is 19.5. The predicted octanol–water partition coefficient (Wildman–Crippen LogP) is 3.86. The summed E-state index contributed by atoms with van der Waals surface area (Å²) in [5, 5.41) is 0.652. The first-order valence-electron chi connectivity index (χ1n) is 9.17. The van der Waals surface area contributed by atoms with Crippen molar-refractivity contribution in [2.45, 2.75) is 31.8 Å². The number of halogens is 1. The molecule has 6 nitrogen and oxygen atoms in total. The monoisotopic (exact) mass is 426 g/mol. The number of primary amides is 1. The third-order valence-corrected chi connectivity index (χ3v) is 6.36. The van der Waals surface area contributed by atoms with Gasteiger partial charge in [-0.3, -0.25) is 14.6 Å². The minimum absolute atomic E-state index is 0.259. The van der Waals surface area contributed by atoms with E-state index in [-0.39, 0.29) is 11.9 Å². The van der Waals surface area contributed by atoms with E-state index in [9.17, 15) is 9.59 Å². The number of aryl methyl sites for hydroxylation is 2. The summed E-state index contributed by atoms with van der Waals surface area (Å²) >= 11 is 7.42. The Morgan fingerprint density at radius 2 is 2.17 bits per heavy atom. The molecule has 1 aliphatic rings. The van der Waals surface area contributed by atoms with Gasteiger partial charge in [-0.15, -0.1) is 11.3 Å². The molecule has 148 valence electrons. The number of nitrogens with two attached hydrogens (primary N) is 1. The molecule has 2 N–H and O–H groups in total. The first-order valence-corrected chi connectivity index (χ1v) is 10.4. The lowest BCUT2D eigenvalue weighted by Gasteiger charge is -2.35. The Bertz CT molecular complexity index is 1070. The zero-order chi connectivity index (χ0) is 20.5. The van der Waals surface area contributed by atoms with Crippen LogP contribution in [0, 0.1) is 6.92 Å². The van der Waals surface area contributed by atoms with Crippen LogP contribution in [-0.4, -0.2) is 26.7 Å². The quantitative estimate of drug-likeness (QED) is 0.670. The molecule has 8 heteroatoms. The van der Waals surface area contributed by atoms with Gasteiger partial charge in [-0.25, -0.2) is 4.98 Å². The van der Waals surface area contributed by atoms with Crippen LogP contribution in [0.15, 0.2) is 48.2 Å². The fourth-order valence-electron chi connectivity index (χ4n) is 3.92. The van der Waals surface area contributed by atoms with Gasteiger partial charge in [0.05, 0.1) is 17.2 Å². The smallest absolute Gasteiger partial charge is 0.267 e. The maximum Gasteiger partial charge on any atom is 0.267 e. The molecule has 3 aromatic rings. The Labute approximate surface area is 177 Å². The third-order valence-electron chi connectivity index (χ3n) is 5.21. The van der Waals surface area contributed by atoms with E-state index in [4.69, 9.17) is 17.3 Å². The molecule has 4 rings (SSSR count). The van der Waals surface area contributed by atoms with E-state index in [1.807, 2.05) is 18.2 Å². The van der Waals surface area contributed by atoms with Crippen molar-refractivity contribution < 1.29 is 9.59 Å². The number of fused-ring (bicyclic) bond motifs is 1. The molecule has 0 radical (unpaired) electrons. The second-order valence-electron chi connectivity index (χ2n) is 6.97. The minimum atomic E-state index is -0.940. The van der Waals surface area contributed by atoms with Crippen molar-refractivity contribution in [1.29, 1.82) is 0 Å². The van der Waals surface area contributed by atoms with Gasteiger partial charge >= 0.3 is 0 Å². The highest BCUT2D eigenvalue weighted by Gasteiger charge is 2.40. The molecule has 2 amide bonds. The van der Waals surface area contributed by atoms with Crippen molar-refractivity contribution in [3.05, 3.63) is 80.5 Å². The van der Waals surface area contributed by atoms with Gasteiger partial charge in [0.15, 0.2) is 0 Å². The molecule has 1 unspecified atom stereocenters. The number of benzene rings is 1. The number of carbonyl (C=O) groups is 2. The number of hydrogen-bond donors (Lipinski definition) is 1. The molecule has 2 aromatic heterocycles. The SMILES string of the molecule is Cc1ncsc1C(=O)N(C(C(N)=O)c1cccnc1)[C@@H]1CCc2cc(Cl)ccc21. The minimum Gasteiger partial charge on any atom is -0.368 e. The van der Waals surface area contributed by atoms with Crippen molar-refractivity contribution >= 4 is 34.8 Å². The molecule has 0 saturated carbocycles. The Morgan fingerprint density at radius 3 is 2.83 bits per heavy atom. The topological polar surface area (TPSA) is 89.2 Å². The maximum atomic E-state index is 13.7. The molecule has 0 aliphatic heterocycles. The van der Waals surface area contributed by atoms with Crippen LogP contribution in [0.2, 0.25) is 5.02 Å². The maximum absolute atomic E-state index is 13.7. The number of pyridine rings is 1. The van der Waals surface area contributed by atoms with Crippen LogP contribution < -0.4 is 5.73 Å². The molecule has 2 atom stereocenters. The van der Waals surface area contributed by atoms with Crippen LogP contribution in [0.25, 0.3) is 0 Å². The molecule has 0 fully saturated rings. The number of hydrogen-bond acceptors (Lipinski definition) is 5. The van der Waals surface area contributed by atoms with Gasteiger partial charge in [-0.2, -0.15) is 0 Å². The number of rotatable bonds is 5. The summed E-state index contributed by atoms with van der Waals surface area (Å²) in [5.41, 5.74) is 10.7. The van der Waals surface area contributed by atoms with Crippen molar-refractivity contribution in [2.24, 2.45) is 5.73 Å². The summed E-state index contributed by atoms with van der Waals surface area (Å²) < 4.78 is 0. The Morgan fingerprint density at radius 1 is 1.34 bits per heavy atom. The van der Waals surface area contributed by atoms with Gasteiger partial charge in [-0.1, -0.05) is 23.7 Å². The van der Waals surface area contributed by atoms with Gasteiger partial charge in [0, 0.05) is 23.0 Å². The molecular formula is C21H19ClN4O2S. The molecule has 29 heavy (non-hydrogen) atoms. The van der Waals surface area contributed by atoms with Crippen molar-refractivity contribution in [1.82, 2.24) is 14.9 Å². The molecule has 0 spiro atoms. The Kier molecular flexibility index (Phi) is 5.34. The van der Waals surface area contributed by atoms with Crippen molar-refractivity contribution in [2.75, 3.05) is 0 Å². The van der Waals surface area contributed by atoms with Gasteiger partial charge in [0.25, 0.3) is 5.91 Å². The van der Waals surface area contributed by atoms with Crippen molar-refractivity contribution in [3.8, 4) is 0 Å². The van der Waals surface area contributed by atoms with Gasteiger partial charge < -0.3 is 10.6 Å². The van der Waals surface area contributed by atoms with E-state index < -0.39 is 11.9 Å². The van der Waals surface area contributed by atoms with Crippen molar-refractivity contribution in [3.63, 3.8) is 0 Å². The Balaban J connectivity index is 1.85. The first-order chi connectivity index (χ1) is 14.0. The lowest BCUT2D eigenvalue weighted by Crippen LogP contribution is -2.43. The summed E-state index contributed by atoms with van der Waals surface area (Å²) in [6.45, 7) is 1.79. The zero-order valence-electron chi connectivity index (χ0n) is 15.7. The van der Waals surface area contributed by atoms with Crippen LogP contribution in [0.5, 0.6) is 0 Å². The van der Waals surface area contributed by atoms with Crippen LogP contribution in [0.4, 0.5) is 0 Å². The highest BCUT2D eigenvalue weighted by molar-refractivity contribution is 7.11. The molecule has 0 saturated heterocycles. The third kappa shape index (κ3) is 3.63. The molecule has 0 bridgehead atoms. The molecule has 1 aliphatic carbocycles. The standard InChI is InChI=1S/C21H19ClN4O2S/c1-12-19(29-11-25-12)21(28)26(18(20(23)27)14-3-2-8-24-10-14)17-7-4-13-9-15(22)5-6-16(13)17/h2-3,5-6,8-11,17-18H,4,7H2,1H3,(H2,23,27)/t17-,18?/m1/s1. The summed E-state index contributed by atoms with van der Waals surface area (Å²) in [5.74, 6) is -0.860. The zero-order valence-corrected chi connectivity index (χ0v) is 17.3. The average molecular weight is 427 g/mol. The van der Waals surface area contributed by atoms with E-state index in [0.717, 1.165) is 17.5 Å². The number of nitrogens with zero attached hydrogens (tertiary/aromatic N) is 3. The van der Waals surface area contributed by atoms with Gasteiger partial charge in [0.1, 0.15) is 10.9 Å². The van der Waals surface area contributed by atoms with E-state index in [1.165, 1.54) is 11.3 Å². The largest absolute Gasteiger partial charge is 0.368 e. The normalized spacial score (nSPS) is 16.3. The second kappa shape index (κ2) is 7.93. The second-order valence-corrected chi connectivity index (χ2v) is 8.26. The number of carbonyl (C=O) groups excluding carboxylic acids is 2. The average Bonchev–Trinajstić information content (AvgIpc) is 3.31. The fourth-order valence-corrected chi connectivity index (χ4v) is 4.86. The van der Waals surface area contributed by atoms with E-state index >= 15 is 0 Å². The van der Waals surface area contributed by atoms with Gasteiger partial charge in [0.2, 0.25) is 5.91 Å². The van der Waals surface area contributed by atoms with E-state index in [1.54, 1.807) is 41.9 Å². The van der Waals surface area contributed by atoms with E-state index in [2.05, 4.69) is 9.97 Å². The van der Waals surface area contributed by atoms with E-state index in [0.29, 0.717) is 27.6 Å². The molecule has 2 heterocycles. The summed E-state index contributed by atoms with van der Waals surface area (Å²) in [6, 6.07) is 7.91. The van der Waals surface area contributed by atoms with Crippen LogP contribution in [0.3, 0.4) is 0 Å². The predicted molar refractivity (Wildman–Crippen MR) is 112 cm³/mol. The molecule has 1 aromatic carbocycles. The highest BCUT2D eigenvalue weighted by Crippen LogP contribution is 2.42. The number of amides is 2.